The van der Waals surface area contributed by atoms with Gasteiger partial charge in [0.25, 0.3) is 0 Å². The second kappa shape index (κ2) is 9.50. The number of benzene rings is 3. The Kier molecular flexibility index (Phi) is 7.06. The van der Waals surface area contributed by atoms with Crippen molar-refractivity contribution in [2.75, 3.05) is 13.3 Å². The highest BCUT2D eigenvalue weighted by Gasteiger charge is 2.13. The molecule has 0 fully saturated rings. The van der Waals surface area contributed by atoms with Crippen LogP contribution < -0.4 is 15.3 Å². The number of rotatable bonds is 7. The van der Waals surface area contributed by atoms with Gasteiger partial charge < -0.3 is 4.74 Å². The van der Waals surface area contributed by atoms with Gasteiger partial charge in [0.2, 0.25) is 0 Å². The van der Waals surface area contributed by atoms with Crippen LogP contribution in [0.25, 0.3) is 0 Å². The average Bonchev–Trinajstić information content (AvgIpc) is 2.64. The van der Waals surface area contributed by atoms with Crippen molar-refractivity contribution in [3.8, 4) is 5.75 Å². The first kappa shape index (κ1) is 20.1. The SMILES string of the molecule is Cc1cccc(Pc2c(C)cccc2CP(C)C)c1OCc1ccccc1. The third-order valence-corrected chi connectivity index (χ3v) is 7.14. The van der Waals surface area contributed by atoms with Crippen molar-refractivity contribution in [1.82, 2.24) is 0 Å². The van der Waals surface area contributed by atoms with E-state index < -0.39 is 0 Å². The van der Waals surface area contributed by atoms with Crippen molar-refractivity contribution in [2.24, 2.45) is 0 Å². The summed E-state index contributed by atoms with van der Waals surface area (Å²) in [6.07, 6.45) is 1.19. The summed E-state index contributed by atoms with van der Waals surface area (Å²) in [7, 11) is 0.664. The van der Waals surface area contributed by atoms with Crippen LogP contribution in [0, 0.1) is 13.8 Å². The number of hydrogen-bond donors (Lipinski definition) is 0. The van der Waals surface area contributed by atoms with Crippen LogP contribution in [0.5, 0.6) is 5.75 Å². The maximum absolute atomic E-state index is 6.30. The summed E-state index contributed by atoms with van der Waals surface area (Å²) in [4.78, 5) is 0. The van der Waals surface area contributed by atoms with Gasteiger partial charge in [0.1, 0.15) is 12.4 Å². The van der Waals surface area contributed by atoms with Gasteiger partial charge in [-0.05, 0) is 60.9 Å². The van der Waals surface area contributed by atoms with E-state index in [1.165, 1.54) is 39.0 Å². The Morgan fingerprint density at radius 2 is 1.52 bits per heavy atom. The van der Waals surface area contributed by atoms with Gasteiger partial charge in [0.15, 0.2) is 0 Å². The van der Waals surface area contributed by atoms with Gasteiger partial charge in [-0.2, -0.15) is 0 Å². The highest BCUT2D eigenvalue weighted by atomic mass is 31.1. The predicted octanol–water partition coefficient (Wildman–Crippen LogP) is 5.75. The lowest BCUT2D eigenvalue weighted by atomic mass is 10.1. The summed E-state index contributed by atoms with van der Waals surface area (Å²) in [5.41, 5.74) is 5.30. The molecule has 1 nitrogen and oxygen atoms in total. The first-order valence-electron chi connectivity index (χ1n) is 9.31. The summed E-state index contributed by atoms with van der Waals surface area (Å²) in [5, 5.41) is 2.79. The summed E-state index contributed by atoms with van der Waals surface area (Å²) in [6, 6.07) is 23.6. The highest BCUT2D eigenvalue weighted by molar-refractivity contribution is 7.57. The van der Waals surface area contributed by atoms with E-state index in [1.54, 1.807) is 0 Å². The van der Waals surface area contributed by atoms with Crippen molar-refractivity contribution in [2.45, 2.75) is 26.6 Å². The molecule has 0 saturated carbocycles. The molecule has 140 valence electrons. The third kappa shape index (κ3) is 5.41. The van der Waals surface area contributed by atoms with Gasteiger partial charge in [-0.3, -0.25) is 0 Å². The fourth-order valence-electron chi connectivity index (χ4n) is 3.19. The maximum atomic E-state index is 6.30. The molecule has 0 aliphatic rings. The minimum atomic E-state index is 0.0423. The van der Waals surface area contributed by atoms with Gasteiger partial charge in [0.05, 0.1) is 0 Å². The smallest absolute Gasteiger partial charge is 0.130 e. The Labute approximate surface area is 166 Å². The van der Waals surface area contributed by atoms with Crippen molar-refractivity contribution in [1.29, 1.82) is 0 Å². The Morgan fingerprint density at radius 3 is 2.26 bits per heavy atom. The second-order valence-corrected chi connectivity index (χ2v) is 11.0. The molecule has 0 heterocycles. The summed E-state index contributed by atoms with van der Waals surface area (Å²) in [6.45, 7) is 9.69. The van der Waals surface area contributed by atoms with E-state index in [2.05, 4.69) is 87.8 Å². The van der Waals surface area contributed by atoms with Crippen molar-refractivity contribution in [3.63, 3.8) is 0 Å². The molecule has 0 aliphatic heterocycles. The van der Waals surface area contributed by atoms with Crippen LogP contribution in [0.1, 0.15) is 22.3 Å². The van der Waals surface area contributed by atoms with Crippen LogP contribution in [0.4, 0.5) is 0 Å². The molecule has 27 heavy (non-hydrogen) atoms. The zero-order valence-corrected chi connectivity index (χ0v) is 18.5. The van der Waals surface area contributed by atoms with Crippen molar-refractivity contribution < 1.29 is 4.74 Å². The summed E-state index contributed by atoms with van der Waals surface area (Å²) in [5.74, 6) is 1.05. The molecule has 0 aromatic heterocycles. The molecule has 0 saturated heterocycles. The number of para-hydroxylation sites is 1. The zero-order valence-electron chi connectivity index (χ0n) is 16.6. The van der Waals surface area contributed by atoms with Crippen LogP contribution in [-0.2, 0) is 12.8 Å². The fourth-order valence-corrected chi connectivity index (χ4v) is 5.72. The highest BCUT2D eigenvalue weighted by Crippen LogP contribution is 2.33. The van der Waals surface area contributed by atoms with Crippen LogP contribution in [0.3, 0.4) is 0 Å². The van der Waals surface area contributed by atoms with Crippen LogP contribution in [0.15, 0.2) is 66.7 Å². The first-order valence-corrected chi connectivity index (χ1v) is 12.7. The largest absolute Gasteiger partial charge is 0.488 e. The zero-order chi connectivity index (χ0) is 19.2. The lowest BCUT2D eigenvalue weighted by Crippen LogP contribution is -2.15. The van der Waals surface area contributed by atoms with E-state index in [1.807, 2.05) is 6.07 Å². The molecule has 0 aliphatic carbocycles. The second-order valence-electron chi connectivity index (χ2n) is 7.20. The van der Waals surface area contributed by atoms with E-state index in [4.69, 9.17) is 4.74 Å². The summed E-state index contributed by atoms with van der Waals surface area (Å²) < 4.78 is 6.30. The summed E-state index contributed by atoms with van der Waals surface area (Å²) >= 11 is 0. The molecule has 0 N–H and O–H groups in total. The first-order chi connectivity index (χ1) is 13.0. The molecule has 0 amide bonds. The van der Waals surface area contributed by atoms with E-state index in [0.717, 1.165) is 5.75 Å². The van der Waals surface area contributed by atoms with Crippen molar-refractivity contribution in [3.05, 3.63) is 89.0 Å². The fraction of sp³-hybridized carbons (Fsp3) is 0.250. The quantitative estimate of drug-likeness (QED) is 0.464. The topological polar surface area (TPSA) is 9.23 Å². The minimum Gasteiger partial charge on any atom is -0.488 e. The molecule has 0 bridgehead atoms. The standard InChI is InChI=1S/C24H28OP2/c1-18-10-9-15-22(23(18)25-16-20-12-6-5-7-13-20)26-24-19(2)11-8-14-21(24)17-27(3)4/h5-15,26H,16-17H2,1-4H3. The molecular formula is C24H28OP2. The monoisotopic (exact) mass is 394 g/mol. The Balaban J connectivity index is 1.89. The van der Waals surface area contributed by atoms with Crippen LogP contribution >= 0.6 is 16.5 Å². The molecule has 3 aromatic rings. The molecule has 3 heteroatoms. The lowest BCUT2D eigenvalue weighted by molar-refractivity contribution is 0.307. The number of hydrogen-bond acceptors (Lipinski definition) is 1. The van der Waals surface area contributed by atoms with Gasteiger partial charge in [-0.25, -0.2) is 0 Å². The molecular weight excluding hydrogens is 366 g/mol. The van der Waals surface area contributed by atoms with Gasteiger partial charge in [-0.15, -0.1) is 7.92 Å². The average molecular weight is 394 g/mol. The third-order valence-electron chi connectivity index (χ3n) is 4.54. The normalized spacial score (nSPS) is 11.4. The van der Waals surface area contributed by atoms with E-state index in [-0.39, 0.29) is 7.92 Å². The number of ether oxygens (including phenoxy) is 1. The molecule has 0 radical (unpaired) electrons. The molecule has 3 aromatic carbocycles. The van der Waals surface area contributed by atoms with Crippen LogP contribution in [0.2, 0.25) is 0 Å². The van der Waals surface area contributed by atoms with Gasteiger partial charge >= 0.3 is 0 Å². The van der Waals surface area contributed by atoms with E-state index >= 15 is 0 Å². The maximum Gasteiger partial charge on any atom is 0.130 e. The molecule has 1 unspecified atom stereocenters. The van der Waals surface area contributed by atoms with E-state index in [0.29, 0.717) is 15.2 Å². The number of aryl methyl sites for hydroxylation is 2. The van der Waals surface area contributed by atoms with Crippen LogP contribution in [-0.4, -0.2) is 13.3 Å². The predicted molar refractivity (Wildman–Crippen MR) is 123 cm³/mol. The lowest BCUT2D eigenvalue weighted by Gasteiger charge is -2.18. The molecule has 3 rings (SSSR count). The Morgan fingerprint density at radius 1 is 0.815 bits per heavy atom. The van der Waals surface area contributed by atoms with E-state index in [9.17, 15) is 0 Å². The Bertz CT molecular complexity index is 888. The molecule has 1 atom stereocenters. The van der Waals surface area contributed by atoms with Crippen molar-refractivity contribution >= 4 is 27.1 Å². The van der Waals surface area contributed by atoms with Gasteiger partial charge in [0, 0.05) is 5.30 Å². The Hall–Kier alpha value is -1.68. The minimum absolute atomic E-state index is 0.0423. The molecule has 0 spiro atoms. The van der Waals surface area contributed by atoms with Gasteiger partial charge in [-0.1, -0.05) is 75.3 Å².